The Balaban J connectivity index is 1.62. The van der Waals surface area contributed by atoms with E-state index in [2.05, 4.69) is 30.3 Å². The highest BCUT2D eigenvalue weighted by molar-refractivity contribution is 5.83. The van der Waals surface area contributed by atoms with Gasteiger partial charge in [0.15, 0.2) is 0 Å². The standard InChI is InChI=1S/C19H21NO3/c21-18(20-11-3-6-17(20)13-19(22)23)10-8-14-7-9-15-4-1-2-5-16(15)12-14/h1-2,4-5,7,9,12,17H,3,6,8,10-11,13H2,(H,22,23). The fraction of sp³-hybridized carbons (Fsp3) is 0.368. The van der Waals surface area contributed by atoms with Crippen LogP contribution in [0.25, 0.3) is 10.8 Å². The summed E-state index contributed by atoms with van der Waals surface area (Å²) in [6.45, 7) is 0.689. The number of rotatable bonds is 5. The first-order valence-corrected chi connectivity index (χ1v) is 8.12. The van der Waals surface area contributed by atoms with Gasteiger partial charge in [-0.25, -0.2) is 0 Å². The lowest BCUT2D eigenvalue weighted by Crippen LogP contribution is -2.36. The van der Waals surface area contributed by atoms with E-state index in [4.69, 9.17) is 5.11 Å². The maximum atomic E-state index is 12.4. The molecule has 1 N–H and O–H groups in total. The lowest BCUT2D eigenvalue weighted by molar-refractivity contribution is -0.139. The second kappa shape index (κ2) is 6.82. The van der Waals surface area contributed by atoms with E-state index in [0.29, 0.717) is 19.4 Å². The van der Waals surface area contributed by atoms with E-state index in [9.17, 15) is 9.59 Å². The van der Waals surface area contributed by atoms with Gasteiger partial charge in [-0.15, -0.1) is 0 Å². The van der Waals surface area contributed by atoms with Crippen LogP contribution in [-0.4, -0.2) is 34.5 Å². The molecule has 1 amide bonds. The van der Waals surface area contributed by atoms with Crippen molar-refractivity contribution < 1.29 is 14.7 Å². The van der Waals surface area contributed by atoms with Gasteiger partial charge in [0.25, 0.3) is 0 Å². The number of nitrogens with zero attached hydrogens (tertiary/aromatic N) is 1. The van der Waals surface area contributed by atoms with Crippen LogP contribution >= 0.6 is 0 Å². The molecule has 0 spiro atoms. The molecule has 4 nitrogen and oxygen atoms in total. The Morgan fingerprint density at radius 2 is 1.91 bits per heavy atom. The quantitative estimate of drug-likeness (QED) is 0.922. The van der Waals surface area contributed by atoms with Crippen molar-refractivity contribution in [3.63, 3.8) is 0 Å². The molecule has 1 saturated heterocycles. The number of amides is 1. The number of hydrogen-bond acceptors (Lipinski definition) is 2. The number of fused-ring (bicyclic) bond motifs is 1. The molecular formula is C19H21NO3. The first kappa shape index (κ1) is 15.5. The smallest absolute Gasteiger partial charge is 0.305 e. The molecule has 3 rings (SSSR count). The molecule has 120 valence electrons. The summed E-state index contributed by atoms with van der Waals surface area (Å²) in [5.41, 5.74) is 1.14. The van der Waals surface area contributed by atoms with Gasteiger partial charge in [0, 0.05) is 19.0 Å². The first-order valence-electron chi connectivity index (χ1n) is 8.12. The molecule has 1 unspecified atom stereocenters. The van der Waals surface area contributed by atoms with Crippen LogP contribution in [0.3, 0.4) is 0 Å². The second-order valence-electron chi connectivity index (χ2n) is 6.16. The van der Waals surface area contributed by atoms with Crippen molar-refractivity contribution in [2.24, 2.45) is 0 Å². The third-order valence-electron chi connectivity index (χ3n) is 4.55. The van der Waals surface area contributed by atoms with Crippen LogP contribution in [0.1, 0.15) is 31.2 Å². The predicted octanol–water partition coefficient (Wildman–Crippen LogP) is 3.24. The summed E-state index contributed by atoms with van der Waals surface area (Å²) in [6.07, 6.45) is 2.89. The molecule has 0 saturated carbocycles. The van der Waals surface area contributed by atoms with Crippen LogP contribution in [-0.2, 0) is 16.0 Å². The van der Waals surface area contributed by atoms with Crippen LogP contribution < -0.4 is 0 Å². The Morgan fingerprint density at radius 1 is 1.13 bits per heavy atom. The molecule has 4 heteroatoms. The van der Waals surface area contributed by atoms with E-state index in [1.807, 2.05) is 12.1 Å². The topological polar surface area (TPSA) is 57.6 Å². The highest BCUT2D eigenvalue weighted by Crippen LogP contribution is 2.22. The van der Waals surface area contributed by atoms with Crippen molar-refractivity contribution in [1.29, 1.82) is 0 Å². The first-order chi connectivity index (χ1) is 11.1. The van der Waals surface area contributed by atoms with Crippen molar-refractivity contribution in [2.75, 3.05) is 6.54 Å². The van der Waals surface area contributed by atoms with E-state index in [0.717, 1.165) is 18.4 Å². The van der Waals surface area contributed by atoms with Gasteiger partial charge in [-0.1, -0.05) is 42.5 Å². The fourth-order valence-electron chi connectivity index (χ4n) is 3.37. The van der Waals surface area contributed by atoms with Gasteiger partial charge in [0.1, 0.15) is 0 Å². The zero-order valence-electron chi connectivity index (χ0n) is 13.1. The molecular weight excluding hydrogens is 290 g/mol. The third-order valence-corrected chi connectivity index (χ3v) is 4.55. The second-order valence-corrected chi connectivity index (χ2v) is 6.16. The van der Waals surface area contributed by atoms with Crippen LogP contribution in [0.15, 0.2) is 42.5 Å². The Bertz CT molecular complexity index is 725. The largest absolute Gasteiger partial charge is 0.481 e. The number of aryl methyl sites for hydroxylation is 1. The number of likely N-dealkylation sites (tertiary alicyclic amines) is 1. The summed E-state index contributed by atoms with van der Waals surface area (Å²) in [6, 6.07) is 14.3. The number of carboxylic acids is 1. The average Bonchev–Trinajstić information content (AvgIpc) is 3.00. The summed E-state index contributed by atoms with van der Waals surface area (Å²) in [5, 5.41) is 11.3. The van der Waals surface area contributed by atoms with Crippen molar-refractivity contribution in [3.05, 3.63) is 48.0 Å². The molecule has 1 fully saturated rings. The number of aliphatic carboxylic acids is 1. The highest BCUT2D eigenvalue weighted by Gasteiger charge is 2.29. The number of hydrogen-bond donors (Lipinski definition) is 1. The van der Waals surface area contributed by atoms with Gasteiger partial charge < -0.3 is 10.0 Å². The third kappa shape index (κ3) is 3.70. The van der Waals surface area contributed by atoms with E-state index >= 15 is 0 Å². The molecule has 0 aromatic heterocycles. The molecule has 0 radical (unpaired) electrons. The van der Waals surface area contributed by atoms with Gasteiger partial charge >= 0.3 is 5.97 Å². The summed E-state index contributed by atoms with van der Waals surface area (Å²) in [7, 11) is 0. The van der Waals surface area contributed by atoms with E-state index in [1.54, 1.807) is 4.90 Å². The lowest BCUT2D eigenvalue weighted by atomic mass is 10.0. The van der Waals surface area contributed by atoms with Gasteiger partial charge in [0.05, 0.1) is 6.42 Å². The van der Waals surface area contributed by atoms with Crippen LogP contribution in [0.2, 0.25) is 0 Å². The number of carbonyl (C=O) groups excluding carboxylic acids is 1. The summed E-state index contributed by atoms with van der Waals surface area (Å²) in [5.74, 6) is -0.758. The highest BCUT2D eigenvalue weighted by atomic mass is 16.4. The minimum atomic E-state index is -0.829. The maximum absolute atomic E-state index is 12.4. The lowest BCUT2D eigenvalue weighted by Gasteiger charge is -2.23. The van der Waals surface area contributed by atoms with Gasteiger partial charge in [0.2, 0.25) is 5.91 Å². The Labute approximate surface area is 135 Å². The van der Waals surface area contributed by atoms with Crippen LogP contribution in [0, 0.1) is 0 Å². The van der Waals surface area contributed by atoms with Gasteiger partial charge in [-0.3, -0.25) is 9.59 Å². The van der Waals surface area contributed by atoms with E-state index in [1.165, 1.54) is 10.8 Å². The molecule has 2 aromatic carbocycles. The maximum Gasteiger partial charge on any atom is 0.305 e. The number of carboxylic acid groups (broad SMARTS) is 1. The predicted molar refractivity (Wildman–Crippen MR) is 89.3 cm³/mol. The molecule has 1 atom stereocenters. The van der Waals surface area contributed by atoms with Gasteiger partial charge in [-0.2, -0.15) is 0 Å². The van der Waals surface area contributed by atoms with Crippen LogP contribution in [0.4, 0.5) is 0 Å². The normalized spacial score (nSPS) is 17.6. The van der Waals surface area contributed by atoms with Crippen molar-refractivity contribution in [2.45, 2.75) is 38.1 Å². The van der Waals surface area contributed by atoms with E-state index in [-0.39, 0.29) is 18.4 Å². The number of benzene rings is 2. The monoisotopic (exact) mass is 311 g/mol. The zero-order chi connectivity index (χ0) is 16.2. The Kier molecular flexibility index (Phi) is 4.60. The van der Waals surface area contributed by atoms with Crippen molar-refractivity contribution in [1.82, 2.24) is 4.90 Å². The summed E-state index contributed by atoms with van der Waals surface area (Å²) >= 11 is 0. The summed E-state index contributed by atoms with van der Waals surface area (Å²) in [4.78, 5) is 25.1. The minimum absolute atomic E-state index is 0.0573. The molecule has 0 aliphatic carbocycles. The average molecular weight is 311 g/mol. The molecule has 0 bridgehead atoms. The summed E-state index contributed by atoms with van der Waals surface area (Å²) < 4.78 is 0. The SMILES string of the molecule is O=C(O)CC1CCCN1C(=O)CCc1ccc2ccccc2c1. The minimum Gasteiger partial charge on any atom is -0.481 e. The Hall–Kier alpha value is -2.36. The molecule has 23 heavy (non-hydrogen) atoms. The van der Waals surface area contributed by atoms with Crippen molar-refractivity contribution in [3.8, 4) is 0 Å². The Morgan fingerprint density at radius 3 is 2.70 bits per heavy atom. The fourth-order valence-corrected chi connectivity index (χ4v) is 3.37. The van der Waals surface area contributed by atoms with E-state index < -0.39 is 5.97 Å². The molecule has 1 aliphatic rings. The molecule has 2 aromatic rings. The van der Waals surface area contributed by atoms with Crippen molar-refractivity contribution >= 4 is 22.6 Å². The van der Waals surface area contributed by atoms with Gasteiger partial charge in [-0.05, 0) is 35.6 Å². The number of carbonyl (C=O) groups is 2. The van der Waals surface area contributed by atoms with Crippen LogP contribution in [0.5, 0.6) is 0 Å². The molecule has 1 heterocycles. The molecule has 1 aliphatic heterocycles. The zero-order valence-corrected chi connectivity index (χ0v) is 13.1.